The Morgan fingerprint density at radius 3 is 2.63 bits per heavy atom. The molecule has 3 heterocycles. The highest BCUT2D eigenvalue weighted by Crippen LogP contribution is 2.33. The number of benzene rings is 1. The zero-order chi connectivity index (χ0) is 24.6. The van der Waals surface area contributed by atoms with Crippen molar-refractivity contribution in [2.45, 2.75) is 37.7 Å². The third-order valence-electron chi connectivity index (χ3n) is 6.33. The molecule has 1 aromatic heterocycles. The van der Waals surface area contributed by atoms with Crippen LogP contribution in [0.5, 0.6) is 5.75 Å². The molecule has 2 aliphatic heterocycles. The Bertz CT molecular complexity index is 1040. The quantitative estimate of drug-likeness (QED) is 0.553. The number of thioether (sulfide) groups is 1. The van der Waals surface area contributed by atoms with Crippen LogP contribution in [0.25, 0.3) is 5.70 Å². The third-order valence-corrected chi connectivity index (χ3v) is 7.39. The maximum Gasteiger partial charge on any atom is 0.258 e. The van der Waals surface area contributed by atoms with Gasteiger partial charge in [0.2, 0.25) is 5.91 Å². The average Bonchev–Trinajstić information content (AvgIpc) is 3.23. The van der Waals surface area contributed by atoms with Gasteiger partial charge in [0, 0.05) is 44.1 Å². The lowest BCUT2D eigenvalue weighted by molar-refractivity contribution is -0.124. The molecule has 1 saturated heterocycles. The fraction of sp³-hybridized carbons (Fsp3) is 0.423. The van der Waals surface area contributed by atoms with E-state index in [4.69, 9.17) is 4.74 Å². The van der Waals surface area contributed by atoms with Crippen LogP contribution in [-0.2, 0) is 16.0 Å². The fourth-order valence-corrected chi connectivity index (χ4v) is 5.34. The normalized spacial score (nSPS) is 18.7. The first-order chi connectivity index (χ1) is 17.0. The average molecular weight is 496 g/mol. The maximum atomic E-state index is 12.7. The van der Waals surface area contributed by atoms with Crippen LogP contribution < -0.4 is 15.4 Å². The molecule has 8 nitrogen and oxygen atoms in total. The predicted octanol–water partition coefficient (Wildman–Crippen LogP) is 2.68. The number of piperidine rings is 1. The van der Waals surface area contributed by atoms with Gasteiger partial charge in [0.15, 0.2) is 12.1 Å². The van der Waals surface area contributed by atoms with Crippen LogP contribution in [0.15, 0.2) is 54.2 Å². The summed E-state index contributed by atoms with van der Waals surface area (Å²) in [6.45, 7) is 5.22. The van der Waals surface area contributed by atoms with Crippen LogP contribution in [0.3, 0.4) is 0 Å². The zero-order valence-corrected chi connectivity index (χ0v) is 21.1. The second-order valence-corrected chi connectivity index (χ2v) is 9.75. The Labute approximate surface area is 211 Å². The highest BCUT2D eigenvalue weighted by atomic mass is 32.2. The summed E-state index contributed by atoms with van der Waals surface area (Å²) >= 11 is 1.56. The van der Waals surface area contributed by atoms with Gasteiger partial charge in [0.1, 0.15) is 5.75 Å². The summed E-state index contributed by atoms with van der Waals surface area (Å²) in [6.07, 6.45) is 5.69. The van der Waals surface area contributed by atoms with Crippen molar-refractivity contribution < 1.29 is 14.3 Å². The number of amides is 2. The van der Waals surface area contributed by atoms with Crippen molar-refractivity contribution in [1.29, 1.82) is 0 Å². The van der Waals surface area contributed by atoms with E-state index in [0.29, 0.717) is 5.75 Å². The molecule has 1 fully saturated rings. The van der Waals surface area contributed by atoms with Gasteiger partial charge >= 0.3 is 0 Å². The summed E-state index contributed by atoms with van der Waals surface area (Å²) in [4.78, 5) is 33.5. The van der Waals surface area contributed by atoms with E-state index in [2.05, 4.69) is 27.4 Å². The minimum Gasteiger partial charge on any atom is -0.484 e. The number of pyridine rings is 1. The number of carbonyl (C=O) groups excluding carboxylic acids is 2. The van der Waals surface area contributed by atoms with Crippen molar-refractivity contribution in [3.05, 3.63) is 65.3 Å². The van der Waals surface area contributed by atoms with Gasteiger partial charge in [-0.1, -0.05) is 30.8 Å². The molecule has 4 rings (SSSR count). The summed E-state index contributed by atoms with van der Waals surface area (Å²) in [5.74, 6) is 0.397. The van der Waals surface area contributed by atoms with Crippen molar-refractivity contribution in [2.75, 3.05) is 33.3 Å². The van der Waals surface area contributed by atoms with Crippen LogP contribution in [0, 0.1) is 0 Å². The van der Waals surface area contributed by atoms with Crippen LogP contribution >= 0.6 is 11.8 Å². The van der Waals surface area contributed by atoms with E-state index < -0.39 is 0 Å². The van der Waals surface area contributed by atoms with Crippen molar-refractivity contribution in [2.24, 2.45) is 0 Å². The van der Waals surface area contributed by atoms with Crippen molar-refractivity contribution in [1.82, 2.24) is 25.4 Å². The first kappa shape index (κ1) is 25.1. The Balaban J connectivity index is 1.22. The van der Waals surface area contributed by atoms with Crippen LogP contribution in [0.2, 0.25) is 0 Å². The summed E-state index contributed by atoms with van der Waals surface area (Å²) in [7, 11) is 1.96. The second kappa shape index (κ2) is 12.1. The molecule has 2 aliphatic rings. The van der Waals surface area contributed by atoms with E-state index >= 15 is 0 Å². The molecule has 2 aromatic rings. The van der Waals surface area contributed by atoms with Gasteiger partial charge in [-0.25, -0.2) is 0 Å². The smallest absolute Gasteiger partial charge is 0.258 e. The highest BCUT2D eigenvalue weighted by Gasteiger charge is 2.26. The van der Waals surface area contributed by atoms with Gasteiger partial charge < -0.3 is 25.2 Å². The maximum absolute atomic E-state index is 12.7. The zero-order valence-electron chi connectivity index (χ0n) is 20.3. The van der Waals surface area contributed by atoms with Gasteiger partial charge in [-0.2, -0.15) is 0 Å². The van der Waals surface area contributed by atoms with E-state index in [1.54, 1.807) is 30.2 Å². The Kier molecular flexibility index (Phi) is 8.65. The SMILES string of the molecule is CCN1CCC(NC(=O)COc2cccc(CC(=O)NC3SC=C(c4ccncc4)N3C)c2)CC1. The molecule has 2 amide bonds. The monoisotopic (exact) mass is 495 g/mol. The van der Waals surface area contributed by atoms with Crippen molar-refractivity contribution in [3.63, 3.8) is 0 Å². The predicted molar refractivity (Wildman–Crippen MR) is 138 cm³/mol. The van der Waals surface area contributed by atoms with E-state index in [0.717, 1.165) is 49.3 Å². The summed E-state index contributed by atoms with van der Waals surface area (Å²) < 4.78 is 5.71. The fourth-order valence-electron chi connectivity index (χ4n) is 4.29. The molecule has 35 heavy (non-hydrogen) atoms. The summed E-state index contributed by atoms with van der Waals surface area (Å²) in [5.41, 5.74) is 2.78. The molecule has 0 spiro atoms. The van der Waals surface area contributed by atoms with Crippen LogP contribution in [0.1, 0.15) is 30.9 Å². The minimum atomic E-state index is -0.169. The van der Waals surface area contributed by atoms with Gasteiger partial charge in [-0.15, -0.1) is 0 Å². The molecule has 0 bridgehead atoms. The number of hydrogen-bond donors (Lipinski definition) is 2. The van der Waals surface area contributed by atoms with Crippen LogP contribution in [0.4, 0.5) is 0 Å². The third kappa shape index (κ3) is 6.99. The number of aromatic nitrogens is 1. The Hall–Kier alpha value is -3.04. The molecule has 0 aliphatic carbocycles. The van der Waals surface area contributed by atoms with E-state index in [-0.39, 0.29) is 36.4 Å². The van der Waals surface area contributed by atoms with Gasteiger partial charge in [0.25, 0.3) is 5.91 Å². The van der Waals surface area contributed by atoms with E-state index in [1.165, 1.54) is 0 Å². The highest BCUT2D eigenvalue weighted by molar-refractivity contribution is 8.03. The van der Waals surface area contributed by atoms with E-state index in [9.17, 15) is 9.59 Å². The number of rotatable bonds is 9. The van der Waals surface area contributed by atoms with Crippen molar-refractivity contribution >= 4 is 29.3 Å². The number of ether oxygens (including phenoxy) is 1. The molecular weight excluding hydrogens is 462 g/mol. The lowest BCUT2D eigenvalue weighted by Gasteiger charge is -2.31. The largest absolute Gasteiger partial charge is 0.484 e. The second-order valence-electron chi connectivity index (χ2n) is 8.79. The van der Waals surface area contributed by atoms with Crippen LogP contribution in [-0.4, -0.2) is 71.4 Å². The van der Waals surface area contributed by atoms with Gasteiger partial charge in [0.05, 0.1) is 12.1 Å². The molecule has 0 saturated carbocycles. The molecule has 0 radical (unpaired) electrons. The first-order valence-electron chi connectivity index (χ1n) is 12.0. The first-order valence-corrected chi connectivity index (χ1v) is 13.0. The minimum absolute atomic E-state index is 0.0311. The van der Waals surface area contributed by atoms with Gasteiger partial charge in [-0.05, 0) is 54.6 Å². The Morgan fingerprint density at radius 1 is 1.11 bits per heavy atom. The number of likely N-dealkylation sites (tertiary alicyclic amines) is 1. The Morgan fingerprint density at radius 2 is 1.89 bits per heavy atom. The van der Waals surface area contributed by atoms with E-state index in [1.807, 2.05) is 47.7 Å². The number of hydrogen-bond acceptors (Lipinski definition) is 7. The molecule has 1 atom stereocenters. The number of nitrogens with zero attached hydrogens (tertiary/aromatic N) is 3. The molecule has 1 aromatic carbocycles. The molecule has 1 unspecified atom stereocenters. The summed E-state index contributed by atoms with van der Waals surface area (Å²) in [5, 5.41) is 8.19. The number of nitrogens with one attached hydrogen (secondary N) is 2. The summed E-state index contributed by atoms with van der Waals surface area (Å²) in [6, 6.07) is 11.5. The molecule has 186 valence electrons. The molecule has 2 N–H and O–H groups in total. The molecule has 9 heteroatoms. The standard InChI is InChI=1S/C26H33N5O3S/c1-3-31-13-9-21(10-14-31)28-25(33)17-34-22-6-4-5-19(15-22)16-24(32)29-26-30(2)23(18-35-26)20-7-11-27-12-8-20/h4-8,11-12,15,18,21,26H,3,9-10,13-14,16-17H2,1-2H3,(H,28,33)(H,29,32). The lowest BCUT2D eigenvalue weighted by atomic mass is 10.1. The van der Waals surface area contributed by atoms with Crippen molar-refractivity contribution in [3.8, 4) is 5.75 Å². The molecular formula is C26H33N5O3S. The van der Waals surface area contributed by atoms with Gasteiger partial charge in [-0.3, -0.25) is 14.6 Å². The lowest BCUT2D eigenvalue weighted by Crippen LogP contribution is -2.45. The topological polar surface area (TPSA) is 86.8 Å². The number of carbonyl (C=O) groups is 2.